The molecule has 0 bridgehead atoms. The molecule has 2 aromatic rings. The maximum atomic E-state index is 11.3. The fourth-order valence-electron chi connectivity index (χ4n) is 2.29. The number of benzene rings is 2. The summed E-state index contributed by atoms with van der Waals surface area (Å²) in [6, 6.07) is 13.2. The second-order valence-corrected chi connectivity index (χ2v) is 6.21. The summed E-state index contributed by atoms with van der Waals surface area (Å²) in [6.45, 7) is 2.12. The Hall–Kier alpha value is -1.81. The van der Waals surface area contributed by atoms with Gasteiger partial charge in [-0.1, -0.05) is 53.5 Å². The predicted molar refractivity (Wildman–Crippen MR) is 99.4 cm³/mol. The molecule has 126 valence electrons. The van der Waals surface area contributed by atoms with Gasteiger partial charge in [0, 0.05) is 22.2 Å². The van der Waals surface area contributed by atoms with Gasteiger partial charge in [-0.3, -0.25) is 0 Å². The zero-order valence-corrected chi connectivity index (χ0v) is 14.8. The molecule has 0 saturated carbocycles. The molecular weight excluding hydrogens is 345 g/mol. The lowest BCUT2D eigenvalue weighted by atomic mass is 10.0. The molecule has 0 aliphatic carbocycles. The summed E-state index contributed by atoms with van der Waals surface area (Å²) in [5, 5.41) is 1.21. The number of ether oxygens (including phenoxy) is 1. The molecular formula is C19H19Cl2NO2. The van der Waals surface area contributed by atoms with Crippen molar-refractivity contribution in [3.05, 3.63) is 70.2 Å². The molecule has 1 atom stereocenters. The second-order valence-electron chi connectivity index (χ2n) is 5.33. The standard InChI is InChI=1S/C19H19Cl2NO2/c1-2-24-19(23)8-7-18(22)9-13-3-5-14(6-4-13)15-10-16(20)12-17(21)11-15/h3-8,10-12,18H,2,9,22H2,1H3/b8-7+. The first-order valence-electron chi connectivity index (χ1n) is 7.64. The van der Waals surface area contributed by atoms with Gasteiger partial charge < -0.3 is 10.5 Å². The van der Waals surface area contributed by atoms with Crippen molar-refractivity contribution in [2.24, 2.45) is 5.73 Å². The maximum Gasteiger partial charge on any atom is 0.330 e. The van der Waals surface area contributed by atoms with Crippen LogP contribution in [0.3, 0.4) is 0 Å². The number of esters is 1. The van der Waals surface area contributed by atoms with E-state index in [1.54, 1.807) is 19.1 Å². The first-order chi connectivity index (χ1) is 11.5. The van der Waals surface area contributed by atoms with Crippen LogP contribution in [0.5, 0.6) is 0 Å². The van der Waals surface area contributed by atoms with Crippen molar-refractivity contribution in [1.82, 2.24) is 0 Å². The van der Waals surface area contributed by atoms with Crippen molar-refractivity contribution in [1.29, 1.82) is 0 Å². The molecule has 0 amide bonds. The van der Waals surface area contributed by atoms with Crippen molar-refractivity contribution < 1.29 is 9.53 Å². The van der Waals surface area contributed by atoms with E-state index in [1.807, 2.05) is 36.4 Å². The average molecular weight is 364 g/mol. The van der Waals surface area contributed by atoms with E-state index in [9.17, 15) is 4.79 Å². The van der Waals surface area contributed by atoms with Crippen LogP contribution in [0, 0.1) is 0 Å². The minimum Gasteiger partial charge on any atom is -0.463 e. The lowest BCUT2D eigenvalue weighted by molar-refractivity contribution is -0.137. The van der Waals surface area contributed by atoms with Crippen LogP contribution >= 0.6 is 23.2 Å². The van der Waals surface area contributed by atoms with Crippen molar-refractivity contribution in [2.45, 2.75) is 19.4 Å². The van der Waals surface area contributed by atoms with Gasteiger partial charge in [0.1, 0.15) is 0 Å². The summed E-state index contributed by atoms with van der Waals surface area (Å²) in [4.78, 5) is 11.3. The van der Waals surface area contributed by atoms with Crippen LogP contribution < -0.4 is 5.73 Å². The number of carbonyl (C=O) groups excluding carboxylic acids is 1. The van der Waals surface area contributed by atoms with E-state index < -0.39 is 0 Å². The van der Waals surface area contributed by atoms with Gasteiger partial charge in [-0.15, -0.1) is 0 Å². The lowest BCUT2D eigenvalue weighted by Crippen LogP contribution is -2.20. The van der Waals surface area contributed by atoms with Crippen LogP contribution in [-0.4, -0.2) is 18.6 Å². The van der Waals surface area contributed by atoms with E-state index in [0.29, 0.717) is 23.1 Å². The van der Waals surface area contributed by atoms with Crippen molar-refractivity contribution in [2.75, 3.05) is 6.61 Å². The molecule has 2 aromatic carbocycles. The molecule has 0 radical (unpaired) electrons. The topological polar surface area (TPSA) is 52.3 Å². The molecule has 1 unspecified atom stereocenters. The summed E-state index contributed by atoms with van der Waals surface area (Å²) in [5.41, 5.74) is 9.08. The molecule has 24 heavy (non-hydrogen) atoms. The van der Waals surface area contributed by atoms with Gasteiger partial charge in [0.05, 0.1) is 6.61 Å². The minimum absolute atomic E-state index is 0.249. The molecule has 0 fully saturated rings. The van der Waals surface area contributed by atoms with E-state index in [2.05, 4.69) is 0 Å². The quantitative estimate of drug-likeness (QED) is 0.600. The van der Waals surface area contributed by atoms with Crippen molar-refractivity contribution in [3.8, 4) is 11.1 Å². The number of nitrogens with two attached hydrogens (primary N) is 1. The van der Waals surface area contributed by atoms with E-state index in [1.165, 1.54) is 6.08 Å². The van der Waals surface area contributed by atoms with Crippen LogP contribution in [0.1, 0.15) is 12.5 Å². The molecule has 0 spiro atoms. The third-order valence-electron chi connectivity index (χ3n) is 3.39. The third kappa shape index (κ3) is 5.68. The zero-order chi connectivity index (χ0) is 17.5. The summed E-state index contributed by atoms with van der Waals surface area (Å²) in [7, 11) is 0. The number of carbonyl (C=O) groups is 1. The molecule has 2 rings (SSSR count). The van der Waals surface area contributed by atoms with Gasteiger partial charge in [-0.05, 0) is 48.2 Å². The summed E-state index contributed by atoms with van der Waals surface area (Å²) >= 11 is 12.1. The van der Waals surface area contributed by atoms with Gasteiger partial charge in [0.2, 0.25) is 0 Å². The third-order valence-corrected chi connectivity index (χ3v) is 3.82. The monoisotopic (exact) mass is 363 g/mol. The lowest BCUT2D eigenvalue weighted by Gasteiger charge is -2.09. The van der Waals surface area contributed by atoms with Crippen LogP contribution in [-0.2, 0) is 16.0 Å². The zero-order valence-electron chi connectivity index (χ0n) is 13.3. The Bertz CT molecular complexity index is 706. The molecule has 0 aliphatic rings. The van der Waals surface area contributed by atoms with Crippen LogP contribution in [0.25, 0.3) is 11.1 Å². The summed E-state index contributed by atoms with van der Waals surface area (Å²) in [5.74, 6) is -0.374. The Labute approximate surface area is 152 Å². The fourth-order valence-corrected chi connectivity index (χ4v) is 2.81. The second kappa shape index (κ2) is 8.88. The number of rotatable bonds is 6. The van der Waals surface area contributed by atoms with E-state index >= 15 is 0 Å². The van der Waals surface area contributed by atoms with Gasteiger partial charge in [0.15, 0.2) is 0 Å². The Balaban J connectivity index is 2.02. The Morgan fingerprint density at radius 2 is 1.75 bits per heavy atom. The van der Waals surface area contributed by atoms with E-state index in [-0.39, 0.29) is 12.0 Å². The van der Waals surface area contributed by atoms with E-state index in [4.69, 9.17) is 33.7 Å². The molecule has 2 N–H and O–H groups in total. The molecule has 0 aliphatic heterocycles. The molecule has 3 nitrogen and oxygen atoms in total. The van der Waals surface area contributed by atoms with Crippen LogP contribution in [0.15, 0.2) is 54.6 Å². The highest BCUT2D eigenvalue weighted by Gasteiger charge is 2.05. The first kappa shape index (κ1) is 18.5. The number of hydrogen-bond acceptors (Lipinski definition) is 3. The molecule has 0 saturated heterocycles. The minimum atomic E-state index is -0.374. The van der Waals surface area contributed by atoms with Gasteiger partial charge in [-0.25, -0.2) is 4.79 Å². The summed E-state index contributed by atoms with van der Waals surface area (Å²) in [6.07, 6.45) is 3.66. The van der Waals surface area contributed by atoms with Gasteiger partial charge in [0.25, 0.3) is 0 Å². The smallest absolute Gasteiger partial charge is 0.330 e. The predicted octanol–water partition coefficient (Wildman–Crippen LogP) is 4.65. The maximum absolute atomic E-state index is 11.3. The SMILES string of the molecule is CCOC(=O)/C=C/C(N)Cc1ccc(-c2cc(Cl)cc(Cl)c2)cc1. The Morgan fingerprint density at radius 3 is 2.33 bits per heavy atom. The van der Waals surface area contributed by atoms with Crippen molar-refractivity contribution >= 4 is 29.2 Å². The van der Waals surface area contributed by atoms with E-state index in [0.717, 1.165) is 16.7 Å². The van der Waals surface area contributed by atoms with Gasteiger partial charge in [-0.2, -0.15) is 0 Å². The highest BCUT2D eigenvalue weighted by Crippen LogP contribution is 2.27. The number of hydrogen-bond donors (Lipinski definition) is 1. The largest absolute Gasteiger partial charge is 0.463 e. The Kier molecular flexibility index (Phi) is 6.85. The Morgan fingerprint density at radius 1 is 1.12 bits per heavy atom. The average Bonchev–Trinajstić information content (AvgIpc) is 2.53. The van der Waals surface area contributed by atoms with Crippen LogP contribution in [0.4, 0.5) is 0 Å². The summed E-state index contributed by atoms with van der Waals surface area (Å²) < 4.78 is 4.82. The van der Waals surface area contributed by atoms with Crippen LogP contribution in [0.2, 0.25) is 10.0 Å². The molecule has 5 heteroatoms. The molecule has 0 aromatic heterocycles. The highest BCUT2D eigenvalue weighted by molar-refractivity contribution is 6.35. The molecule has 0 heterocycles. The first-order valence-corrected chi connectivity index (χ1v) is 8.39. The number of halogens is 2. The highest BCUT2D eigenvalue weighted by atomic mass is 35.5. The van der Waals surface area contributed by atoms with Gasteiger partial charge >= 0.3 is 5.97 Å². The normalized spacial score (nSPS) is 12.3. The van der Waals surface area contributed by atoms with Crippen molar-refractivity contribution in [3.63, 3.8) is 0 Å². The fraction of sp³-hybridized carbons (Fsp3) is 0.211.